The van der Waals surface area contributed by atoms with Crippen molar-refractivity contribution in [2.45, 2.75) is 25.3 Å². The second-order valence-electron chi connectivity index (χ2n) is 2.49. The van der Waals surface area contributed by atoms with Crippen molar-refractivity contribution in [2.75, 3.05) is 6.54 Å². The summed E-state index contributed by atoms with van der Waals surface area (Å²) < 4.78 is 0. The van der Waals surface area contributed by atoms with E-state index in [0.717, 1.165) is 12.8 Å². The number of carbonyl (C=O) groups is 2. The van der Waals surface area contributed by atoms with Crippen LogP contribution >= 0.6 is 0 Å². The Morgan fingerprint density at radius 1 is 1.46 bits per heavy atom. The molecule has 0 aromatic carbocycles. The zero-order valence-electron chi connectivity index (χ0n) is 7.27. The zero-order valence-corrected chi connectivity index (χ0v) is 7.27. The summed E-state index contributed by atoms with van der Waals surface area (Å²) in [6.07, 6.45) is 2.02. The Bertz CT molecular complexity index is 163. The van der Waals surface area contributed by atoms with E-state index in [-0.39, 0.29) is 6.47 Å². The first kappa shape index (κ1) is 11.9. The van der Waals surface area contributed by atoms with E-state index in [1.165, 1.54) is 0 Å². The lowest BCUT2D eigenvalue weighted by Gasteiger charge is -2.07. The minimum absolute atomic E-state index is 0.0184. The monoisotopic (exact) mass is 190 g/mol. The molecule has 0 rings (SSSR count). The molecule has 0 aromatic rings. The van der Waals surface area contributed by atoms with Crippen molar-refractivity contribution in [2.24, 2.45) is 11.5 Å². The fourth-order valence-corrected chi connectivity index (χ4v) is 0.755. The van der Waals surface area contributed by atoms with Gasteiger partial charge < -0.3 is 11.5 Å². The van der Waals surface area contributed by atoms with Crippen molar-refractivity contribution in [3.05, 3.63) is 0 Å². The number of carbonyl (C=O) groups excluding carboxylic acids is 2. The van der Waals surface area contributed by atoms with Crippen LogP contribution in [0.4, 0.5) is 0 Å². The molecule has 0 heterocycles. The highest BCUT2D eigenvalue weighted by Gasteiger charge is 2.15. The third-order valence-corrected chi connectivity index (χ3v) is 1.44. The summed E-state index contributed by atoms with van der Waals surface area (Å²) in [6.45, 7) is 0.580. The SMILES string of the molecule is NCCCCC(N)C(=O)OOC=O. The van der Waals surface area contributed by atoms with Crippen molar-refractivity contribution < 1.29 is 19.4 Å². The van der Waals surface area contributed by atoms with Crippen LogP contribution in [0.2, 0.25) is 0 Å². The molecule has 0 aliphatic carbocycles. The van der Waals surface area contributed by atoms with E-state index in [9.17, 15) is 9.59 Å². The molecule has 1 unspecified atom stereocenters. The summed E-state index contributed by atoms with van der Waals surface area (Å²) in [7, 11) is 0. The molecule has 0 fully saturated rings. The van der Waals surface area contributed by atoms with E-state index < -0.39 is 12.0 Å². The Kier molecular flexibility index (Phi) is 6.85. The largest absolute Gasteiger partial charge is 0.372 e. The Morgan fingerprint density at radius 2 is 2.15 bits per heavy atom. The van der Waals surface area contributed by atoms with Gasteiger partial charge in [0.15, 0.2) is 0 Å². The summed E-state index contributed by atoms with van der Waals surface area (Å²) in [5, 5.41) is 0. The first-order chi connectivity index (χ1) is 6.22. The molecule has 6 nitrogen and oxygen atoms in total. The fourth-order valence-electron chi connectivity index (χ4n) is 0.755. The maximum atomic E-state index is 10.8. The van der Waals surface area contributed by atoms with E-state index >= 15 is 0 Å². The van der Waals surface area contributed by atoms with Crippen LogP contribution in [0.1, 0.15) is 19.3 Å². The molecule has 0 radical (unpaired) electrons. The molecule has 0 saturated heterocycles. The third-order valence-electron chi connectivity index (χ3n) is 1.44. The molecule has 1 atom stereocenters. The highest BCUT2D eigenvalue weighted by atomic mass is 17.2. The normalized spacial score (nSPS) is 11.8. The van der Waals surface area contributed by atoms with Gasteiger partial charge in [-0.2, -0.15) is 0 Å². The van der Waals surface area contributed by atoms with Crippen molar-refractivity contribution in [1.29, 1.82) is 0 Å². The topological polar surface area (TPSA) is 105 Å². The van der Waals surface area contributed by atoms with E-state index in [1.807, 2.05) is 0 Å². The molecule has 0 amide bonds. The summed E-state index contributed by atoms with van der Waals surface area (Å²) in [6, 6.07) is -0.758. The maximum Gasteiger partial charge on any atom is 0.372 e. The molecule has 0 aromatic heterocycles. The molecule has 0 spiro atoms. The Hall–Kier alpha value is -1.14. The lowest BCUT2D eigenvalue weighted by atomic mass is 10.1. The van der Waals surface area contributed by atoms with Gasteiger partial charge in [0, 0.05) is 0 Å². The van der Waals surface area contributed by atoms with Crippen molar-refractivity contribution in [3.63, 3.8) is 0 Å². The van der Waals surface area contributed by atoms with Crippen LogP contribution in [0.5, 0.6) is 0 Å². The fraction of sp³-hybridized carbons (Fsp3) is 0.714. The number of rotatable bonds is 7. The minimum atomic E-state index is -0.758. The third kappa shape index (κ3) is 6.06. The molecule has 76 valence electrons. The summed E-state index contributed by atoms with van der Waals surface area (Å²) in [5.74, 6) is -0.746. The van der Waals surface area contributed by atoms with Crippen LogP contribution in [-0.2, 0) is 19.4 Å². The molecule has 13 heavy (non-hydrogen) atoms. The summed E-state index contributed by atoms with van der Waals surface area (Å²) >= 11 is 0. The molecular weight excluding hydrogens is 176 g/mol. The van der Waals surface area contributed by atoms with Gasteiger partial charge in [-0.1, -0.05) is 6.42 Å². The lowest BCUT2D eigenvalue weighted by molar-refractivity contribution is -0.249. The highest BCUT2D eigenvalue weighted by Crippen LogP contribution is 1.99. The van der Waals surface area contributed by atoms with Gasteiger partial charge in [-0.25, -0.2) is 9.68 Å². The molecule has 0 bridgehead atoms. The van der Waals surface area contributed by atoms with Crippen LogP contribution in [0, 0.1) is 0 Å². The number of hydrogen-bond acceptors (Lipinski definition) is 6. The van der Waals surface area contributed by atoms with Crippen LogP contribution in [0.25, 0.3) is 0 Å². The van der Waals surface area contributed by atoms with Gasteiger partial charge in [0.2, 0.25) is 0 Å². The Morgan fingerprint density at radius 3 is 2.69 bits per heavy atom. The van der Waals surface area contributed by atoms with Crippen molar-refractivity contribution >= 4 is 12.4 Å². The molecular formula is C7H14N2O4. The van der Waals surface area contributed by atoms with E-state index in [2.05, 4.69) is 9.78 Å². The zero-order chi connectivity index (χ0) is 10.1. The highest BCUT2D eigenvalue weighted by molar-refractivity contribution is 5.75. The van der Waals surface area contributed by atoms with Gasteiger partial charge in [-0.05, 0) is 19.4 Å². The Balaban J connectivity index is 3.50. The predicted molar refractivity (Wildman–Crippen MR) is 44.1 cm³/mol. The quantitative estimate of drug-likeness (QED) is 0.233. The second-order valence-corrected chi connectivity index (χ2v) is 2.49. The van der Waals surface area contributed by atoms with Gasteiger partial charge in [-0.3, -0.25) is 9.68 Å². The number of nitrogens with two attached hydrogens (primary N) is 2. The Labute approximate surface area is 76.1 Å². The van der Waals surface area contributed by atoms with E-state index in [1.54, 1.807) is 0 Å². The lowest BCUT2D eigenvalue weighted by Crippen LogP contribution is -2.32. The smallest absolute Gasteiger partial charge is 0.330 e. The standard InChI is InChI=1S/C7H14N2O4/c8-4-2-1-3-6(9)7(11)13-12-5-10/h5-6H,1-4,8-9H2. The summed E-state index contributed by atoms with van der Waals surface area (Å²) in [4.78, 5) is 28.3. The molecule has 4 N–H and O–H groups in total. The van der Waals surface area contributed by atoms with Gasteiger partial charge in [-0.15, -0.1) is 0 Å². The van der Waals surface area contributed by atoms with Crippen LogP contribution < -0.4 is 11.5 Å². The first-order valence-corrected chi connectivity index (χ1v) is 3.98. The minimum Gasteiger partial charge on any atom is -0.330 e. The van der Waals surface area contributed by atoms with Crippen molar-refractivity contribution in [3.8, 4) is 0 Å². The maximum absolute atomic E-state index is 10.8. The first-order valence-electron chi connectivity index (χ1n) is 3.98. The van der Waals surface area contributed by atoms with Gasteiger partial charge >= 0.3 is 12.4 Å². The van der Waals surface area contributed by atoms with E-state index in [4.69, 9.17) is 11.5 Å². The molecule has 0 saturated carbocycles. The van der Waals surface area contributed by atoms with Gasteiger partial charge in [0.05, 0.1) is 0 Å². The average Bonchev–Trinajstić information content (AvgIpc) is 2.14. The second kappa shape index (κ2) is 7.51. The molecule has 0 aliphatic rings. The van der Waals surface area contributed by atoms with Crippen LogP contribution in [0.15, 0.2) is 0 Å². The summed E-state index contributed by atoms with van der Waals surface area (Å²) in [5.41, 5.74) is 10.6. The van der Waals surface area contributed by atoms with E-state index in [0.29, 0.717) is 13.0 Å². The number of unbranched alkanes of at least 4 members (excludes halogenated alkanes) is 1. The predicted octanol–water partition coefficient (Wildman–Crippen LogP) is -0.926. The van der Waals surface area contributed by atoms with Crippen molar-refractivity contribution in [1.82, 2.24) is 0 Å². The number of hydrogen-bond donors (Lipinski definition) is 2. The molecule has 6 heteroatoms. The van der Waals surface area contributed by atoms with Crippen LogP contribution in [-0.4, -0.2) is 25.0 Å². The van der Waals surface area contributed by atoms with Gasteiger partial charge in [0.25, 0.3) is 0 Å². The van der Waals surface area contributed by atoms with Gasteiger partial charge in [0.1, 0.15) is 6.04 Å². The molecule has 0 aliphatic heterocycles. The average molecular weight is 190 g/mol. The van der Waals surface area contributed by atoms with Crippen LogP contribution in [0.3, 0.4) is 0 Å².